The third-order valence-electron chi connectivity index (χ3n) is 4.19. The first-order valence-electron chi connectivity index (χ1n) is 7.75. The van der Waals surface area contributed by atoms with Gasteiger partial charge < -0.3 is 10.1 Å². The van der Waals surface area contributed by atoms with E-state index in [9.17, 15) is 4.79 Å². The fraction of sp³-hybridized carbons (Fsp3) is 0.933. The second-order valence-corrected chi connectivity index (χ2v) is 6.34. The number of likely N-dealkylation sites (tertiary alicyclic amines) is 1. The van der Waals surface area contributed by atoms with Gasteiger partial charge in [-0.05, 0) is 25.3 Å². The molecule has 1 N–H and O–H groups in total. The van der Waals surface area contributed by atoms with Crippen molar-refractivity contribution in [2.24, 2.45) is 11.8 Å². The molecule has 0 aromatic heterocycles. The summed E-state index contributed by atoms with van der Waals surface area (Å²) in [5.74, 6) is 1.35. The van der Waals surface area contributed by atoms with Crippen molar-refractivity contribution in [3.8, 4) is 0 Å². The van der Waals surface area contributed by atoms with Gasteiger partial charge in [0.25, 0.3) is 0 Å². The zero-order valence-electron chi connectivity index (χ0n) is 12.4. The lowest BCUT2D eigenvalue weighted by molar-refractivity contribution is -0.119. The Morgan fingerprint density at radius 3 is 2.95 bits per heavy atom. The predicted molar refractivity (Wildman–Crippen MR) is 76.0 cm³/mol. The van der Waals surface area contributed by atoms with Crippen molar-refractivity contribution in [3.05, 3.63) is 0 Å². The molecule has 2 rings (SSSR count). The molecule has 1 amide bonds. The van der Waals surface area contributed by atoms with Crippen molar-refractivity contribution in [2.75, 3.05) is 32.8 Å². The molecule has 0 spiro atoms. The van der Waals surface area contributed by atoms with Gasteiger partial charge in [0.05, 0.1) is 6.61 Å². The highest BCUT2D eigenvalue weighted by Crippen LogP contribution is 2.27. The van der Waals surface area contributed by atoms with E-state index in [-0.39, 0.29) is 5.91 Å². The molecule has 2 saturated heterocycles. The van der Waals surface area contributed by atoms with Crippen LogP contribution in [0.5, 0.6) is 0 Å². The van der Waals surface area contributed by atoms with Gasteiger partial charge in [0, 0.05) is 38.1 Å². The number of nitrogens with one attached hydrogen (secondary N) is 1. The van der Waals surface area contributed by atoms with Gasteiger partial charge in [-0.2, -0.15) is 0 Å². The van der Waals surface area contributed by atoms with Crippen LogP contribution in [0.2, 0.25) is 0 Å². The van der Waals surface area contributed by atoms with Crippen molar-refractivity contribution < 1.29 is 9.53 Å². The molecule has 2 unspecified atom stereocenters. The van der Waals surface area contributed by atoms with Crippen molar-refractivity contribution in [3.63, 3.8) is 0 Å². The second kappa shape index (κ2) is 7.25. The van der Waals surface area contributed by atoms with Gasteiger partial charge in [0.2, 0.25) is 5.91 Å². The lowest BCUT2D eigenvalue weighted by atomic mass is 9.89. The third-order valence-corrected chi connectivity index (χ3v) is 4.19. The van der Waals surface area contributed by atoms with Gasteiger partial charge in [-0.3, -0.25) is 9.69 Å². The first-order valence-corrected chi connectivity index (χ1v) is 7.75. The summed E-state index contributed by atoms with van der Waals surface area (Å²) in [4.78, 5) is 13.9. The fourth-order valence-corrected chi connectivity index (χ4v) is 3.23. The topological polar surface area (TPSA) is 41.6 Å². The zero-order chi connectivity index (χ0) is 13.7. The van der Waals surface area contributed by atoms with Gasteiger partial charge in [0.15, 0.2) is 0 Å². The number of hydrogen-bond acceptors (Lipinski definition) is 3. The molecule has 0 radical (unpaired) electrons. The summed E-state index contributed by atoms with van der Waals surface area (Å²) in [6, 6.07) is 0.579. The highest BCUT2D eigenvalue weighted by molar-refractivity contribution is 5.78. The maximum atomic E-state index is 11.4. The number of hydrogen-bond donors (Lipinski definition) is 1. The van der Waals surface area contributed by atoms with E-state index in [1.54, 1.807) is 0 Å². The molecule has 0 aromatic rings. The Bertz CT molecular complexity index is 294. The Balaban J connectivity index is 1.77. The molecule has 2 atom stereocenters. The molecular weight excluding hydrogens is 240 g/mol. The number of rotatable bonds is 6. The molecule has 4 nitrogen and oxygen atoms in total. The molecule has 2 aliphatic heterocycles. The summed E-state index contributed by atoms with van der Waals surface area (Å²) in [7, 11) is 0. The van der Waals surface area contributed by atoms with Crippen LogP contribution in [-0.4, -0.2) is 49.7 Å². The van der Waals surface area contributed by atoms with Crippen molar-refractivity contribution in [1.82, 2.24) is 10.2 Å². The van der Waals surface area contributed by atoms with Crippen molar-refractivity contribution in [2.45, 2.75) is 45.6 Å². The smallest absolute Gasteiger partial charge is 0.220 e. The Morgan fingerprint density at radius 2 is 2.26 bits per heavy atom. The van der Waals surface area contributed by atoms with E-state index in [2.05, 4.69) is 24.1 Å². The van der Waals surface area contributed by atoms with Crippen LogP contribution >= 0.6 is 0 Å². The molecule has 2 heterocycles. The summed E-state index contributed by atoms with van der Waals surface area (Å²) in [5.41, 5.74) is 0. The normalized spacial score (nSPS) is 28.9. The molecular formula is C15H28N2O2. The van der Waals surface area contributed by atoms with Crippen LogP contribution in [0.25, 0.3) is 0 Å². The minimum atomic E-state index is 0.228. The number of nitrogens with zero attached hydrogens (tertiary/aromatic N) is 1. The highest BCUT2D eigenvalue weighted by atomic mass is 16.5. The fourth-order valence-electron chi connectivity index (χ4n) is 3.23. The first kappa shape index (κ1) is 14.8. The van der Waals surface area contributed by atoms with Crippen LogP contribution in [0.1, 0.15) is 39.5 Å². The lowest BCUT2D eigenvalue weighted by Gasteiger charge is -2.38. The summed E-state index contributed by atoms with van der Waals surface area (Å²) in [5, 5.41) is 2.97. The van der Waals surface area contributed by atoms with Crippen LogP contribution < -0.4 is 5.32 Å². The number of carbonyl (C=O) groups is 1. The van der Waals surface area contributed by atoms with E-state index in [1.165, 1.54) is 25.8 Å². The second-order valence-electron chi connectivity index (χ2n) is 6.34. The molecule has 2 fully saturated rings. The van der Waals surface area contributed by atoms with E-state index in [1.807, 2.05) is 0 Å². The highest BCUT2D eigenvalue weighted by Gasteiger charge is 2.34. The summed E-state index contributed by atoms with van der Waals surface area (Å²) < 4.78 is 5.71. The quantitative estimate of drug-likeness (QED) is 0.745. The number of carbonyl (C=O) groups excluding carboxylic acids is 1. The average Bonchev–Trinajstić information content (AvgIpc) is 2.81. The SMILES string of the molecule is CC(C)COCCN1CCCCC1C1CNC(=O)C1. The van der Waals surface area contributed by atoms with Crippen LogP contribution in [0.4, 0.5) is 0 Å². The molecule has 0 aromatic carbocycles. The maximum Gasteiger partial charge on any atom is 0.220 e. The minimum absolute atomic E-state index is 0.228. The number of piperidine rings is 1. The van der Waals surface area contributed by atoms with Gasteiger partial charge in [-0.15, -0.1) is 0 Å². The first-order chi connectivity index (χ1) is 9.16. The van der Waals surface area contributed by atoms with Gasteiger partial charge in [-0.25, -0.2) is 0 Å². The predicted octanol–water partition coefficient (Wildman–Crippen LogP) is 1.65. The van der Waals surface area contributed by atoms with Crippen molar-refractivity contribution in [1.29, 1.82) is 0 Å². The molecule has 0 bridgehead atoms. The molecule has 19 heavy (non-hydrogen) atoms. The monoisotopic (exact) mass is 268 g/mol. The van der Waals surface area contributed by atoms with E-state index in [4.69, 9.17) is 4.74 Å². The van der Waals surface area contributed by atoms with Gasteiger partial charge in [0.1, 0.15) is 0 Å². The number of ether oxygens (including phenoxy) is 1. The van der Waals surface area contributed by atoms with Gasteiger partial charge in [-0.1, -0.05) is 20.3 Å². The van der Waals surface area contributed by atoms with E-state index in [0.717, 1.165) is 26.3 Å². The van der Waals surface area contributed by atoms with Crippen LogP contribution in [-0.2, 0) is 9.53 Å². The third kappa shape index (κ3) is 4.46. The summed E-state index contributed by atoms with van der Waals surface area (Å²) >= 11 is 0. The Kier molecular flexibility index (Phi) is 5.64. The maximum absolute atomic E-state index is 11.4. The number of amides is 1. The van der Waals surface area contributed by atoms with Crippen molar-refractivity contribution >= 4 is 5.91 Å². The van der Waals surface area contributed by atoms with Crippen LogP contribution in [0.15, 0.2) is 0 Å². The zero-order valence-corrected chi connectivity index (χ0v) is 12.4. The molecule has 0 aliphatic carbocycles. The molecule has 2 aliphatic rings. The Morgan fingerprint density at radius 1 is 1.42 bits per heavy atom. The largest absolute Gasteiger partial charge is 0.380 e. The summed E-state index contributed by atoms with van der Waals surface area (Å²) in [6.07, 6.45) is 4.55. The Hall–Kier alpha value is -0.610. The molecule has 0 saturated carbocycles. The van der Waals surface area contributed by atoms with Crippen LogP contribution in [0, 0.1) is 11.8 Å². The van der Waals surface area contributed by atoms with E-state index < -0.39 is 0 Å². The summed E-state index contributed by atoms with van der Waals surface area (Å²) in [6.45, 7) is 9.08. The van der Waals surface area contributed by atoms with Gasteiger partial charge >= 0.3 is 0 Å². The Labute approximate surface area is 116 Å². The van der Waals surface area contributed by atoms with Crippen LogP contribution in [0.3, 0.4) is 0 Å². The standard InChI is InChI=1S/C15H28N2O2/c1-12(2)11-19-8-7-17-6-4-3-5-14(17)13-9-15(18)16-10-13/h12-14H,3-11H2,1-2H3,(H,16,18). The lowest BCUT2D eigenvalue weighted by Crippen LogP contribution is -2.46. The average molecular weight is 268 g/mol. The minimum Gasteiger partial charge on any atom is -0.380 e. The molecule has 110 valence electrons. The van der Waals surface area contributed by atoms with E-state index >= 15 is 0 Å². The molecule has 4 heteroatoms. The van der Waals surface area contributed by atoms with E-state index in [0.29, 0.717) is 24.3 Å².